The fourth-order valence-electron chi connectivity index (χ4n) is 12.0. The summed E-state index contributed by atoms with van der Waals surface area (Å²) in [5.74, 6) is 0. The summed E-state index contributed by atoms with van der Waals surface area (Å²) < 4.78 is 8.03. The van der Waals surface area contributed by atoms with Crippen LogP contribution in [-0.2, 0) is 16.2 Å². The second kappa shape index (κ2) is 12.1. The van der Waals surface area contributed by atoms with Crippen LogP contribution in [0.5, 0.6) is 0 Å². The number of thiophene rings is 2. The Balaban J connectivity index is 1.16. The third kappa shape index (κ3) is 4.71. The van der Waals surface area contributed by atoms with Gasteiger partial charge < -0.3 is 9.38 Å². The molecule has 11 aromatic rings. The molecule has 308 valence electrons. The van der Waals surface area contributed by atoms with Crippen LogP contribution >= 0.6 is 22.7 Å². The summed E-state index contributed by atoms with van der Waals surface area (Å²) in [6.07, 6.45) is 0. The van der Waals surface area contributed by atoms with Gasteiger partial charge in [0.15, 0.2) is 0 Å². The number of rotatable bonds is 1. The van der Waals surface area contributed by atoms with Gasteiger partial charge in [-0.25, -0.2) is 0 Å². The Bertz CT molecular complexity index is 3900. The van der Waals surface area contributed by atoms with E-state index in [2.05, 4.69) is 204 Å². The topological polar surface area (TPSA) is 8.17 Å². The van der Waals surface area contributed by atoms with Crippen molar-refractivity contribution in [2.75, 3.05) is 4.81 Å². The highest BCUT2D eigenvalue weighted by Gasteiger charge is 2.46. The maximum absolute atomic E-state index is 2.72. The van der Waals surface area contributed by atoms with E-state index in [1.54, 1.807) is 0 Å². The predicted molar refractivity (Wildman–Crippen MR) is 281 cm³/mol. The highest BCUT2D eigenvalue weighted by atomic mass is 32.1. The predicted octanol–water partition coefficient (Wildman–Crippen LogP) is 15.7. The molecule has 5 heterocycles. The molecule has 3 aromatic heterocycles. The van der Waals surface area contributed by atoms with Gasteiger partial charge in [0, 0.05) is 79.2 Å². The second-order valence-corrected chi connectivity index (χ2v) is 23.5. The van der Waals surface area contributed by atoms with E-state index in [4.69, 9.17) is 0 Å². The summed E-state index contributed by atoms with van der Waals surface area (Å²) in [4.78, 5) is 2.72. The van der Waals surface area contributed by atoms with E-state index in [9.17, 15) is 0 Å². The SMILES string of the molecule is CC(C)(C)c1ccc(N2B3c4cc5sc6ccccc6c5cc4-n4c5ccc6c(c5c5ccc(c3c54)-c3cc4c(cc32)sc2ccc(C(C)(C)C)cc24)-c2ccccc2C6(C)C)cc1. The molecule has 1 aliphatic carbocycles. The van der Waals surface area contributed by atoms with Gasteiger partial charge in [-0.2, -0.15) is 0 Å². The van der Waals surface area contributed by atoms with Crippen molar-refractivity contribution < 1.29 is 0 Å². The average Bonchev–Trinajstić information content (AvgIpc) is 4.00. The molecular weight excluding hydrogens is 812 g/mol. The molecular formula is C59H47BN2S2. The number of anilines is 2. The van der Waals surface area contributed by atoms with Gasteiger partial charge in [-0.15, -0.1) is 22.7 Å². The third-order valence-electron chi connectivity index (χ3n) is 15.3. The Kier molecular flexibility index (Phi) is 7.07. The first-order valence-corrected chi connectivity index (χ1v) is 24.5. The van der Waals surface area contributed by atoms with Crippen molar-refractivity contribution in [2.45, 2.75) is 71.6 Å². The molecule has 8 aromatic carbocycles. The summed E-state index contributed by atoms with van der Waals surface area (Å²) in [5.41, 5.74) is 20.2. The average molecular weight is 859 g/mol. The van der Waals surface area contributed by atoms with Gasteiger partial charge in [-0.05, 0) is 121 Å². The van der Waals surface area contributed by atoms with E-state index < -0.39 is 0 Å². The lowest BCUT2D eigenvalue weighted by atomic mass is 9.44. The zero-order valence-corrected chi connectivity index (χ0v) is 39.2. The molecule has 0 unspecified atom stereocenters. The molecule has 0 radical (unpaired) electrons. The van der Waals surface area contributed by atoms with Crippen LogP contribution in [0.25, 0.3) is 90.1 Å². The minimum absolute atomic E-state index is 0.0465. The summed E-state index contributed by atoms with van der Waals surface area (Å²) in [6, 6.07) is 54.9. The van der Waals surface area contributed by atoms with Crippen LogP contribution in [-0.4, -0.2) is 11.4 Å². The van der Waals surface area contributed by atoms with E-state index in [1.807, 2.05) is 22.7 Å². The van der Waals surface area contributed by atoms with Crippen LogP contribution in [0.15, 0.2) is 140 Å². The largest absolute Gasteiger partial charge is 0.376 e. The molecule has 14 rings (SSSR count). The van der Waals surface area contributed by atoms with Crippen LogP contribution in [0.3, 0.4) is 0 Å². The van der Waals surface area contributed by atoms with E-state index in [0.717, 1.165) is 0 Å². The quantitative estimate of drug-likeness (QED) is 0.149. The van der Waals surface area contributed by atoms with Crippen LogP contribution in [0.2, 0.25) is 0 Å². The monoisotopic (exact) mass is 858 g/mol. The Morgan fingerprint density at radius 3 is 1.98 bits per heavy atom. The highest BCUT2D eigenvalue weighted by Crippen LogP contribution is 2.55. The molecule has 0 atom stereocenters. The van der Waals surface area contributed by atoms with Crippen LogP contribution in [0.4, 0.5) is 11.4 Å². The lowest BCUT2D eigenvalue weighted by molar-refractivity contribution is 0.590. The number of fused-ring (bicyclic) bond motifs is 18. The maximum Gasteiger partial charge on any atom is 0.333 e. The molecule has 2 nitrogen and oxygen atoms in total. The first-order valence-electron chi connectivity index (χ1n) is 22.9. The highest BCUT2D eigenvalue weighted by molar-refractivity contribution is 7.26. The van der Waals surface area contributed by atoms with Gasteiger partial charge in [0.25, 0.3) is 0 Å². The van der Waals surface area contributed by atoms with Gasteiger partial charge in [-0.1, -0.05) is 134 Å². The fraction of sp³-hybridized carbons (Fsp3) is 0.186. The second-order valence-electron chi connectivity index (χ2n) is 21.3. The molecule has 0 bridgehead atoms. The molecule has 0 fully saturated rings. The number of hydrogen-bond acceptors (Lipinski definition) is 3. The van der Waals surface area contributed by atoms with Crippen molar-refractivity contribution in [1.82, 2.24) is 4.57 Å². The molecule has 64 heavy (non-hydrogen) atoms. The third-order valence-corrected chi connectivity index (χ3v) is 17.6. The molecule has 0 saturated carbocycles. The lowest BCUT2D eigenvalue weighted by Crippen LogP contribution is -2.60. The molecule has 2 aliphatic heterocycles. The zero-order chi connectivity index (χ0) is 43.3. The summed E-state index contributed by atoms with van der Waals surface area (Å²) in [7, 11) is 0. The van der Waals surface area contributed by atoms with Gasteiger partial charge >= 0.3 is 6.85 Å². The number of benzene rings is 8. The number of aromatic nitrogens is 1. The molecule has 5 heteroatoms. The van der Waals surface area contributed by atoms with Crippen molar-refractivity contribution in [1.29, 1.82) is 0 Å². The molecule has 0 amide bonds. The normalized spacial score (nSPS) is 14.9. The van der Waals surface area contributed by atoms with Crippen LogP contribution in [0, 0.1) is 0 Å². The summed E-state index contributed by atoms with van der Waals surface area (Å²) in [6.45, 7) is 18.7. The lowest BCUT2D eigenvalue weighted by Gasteiger charge is -2.42. The molecule has 0 saturated heterocycles. The molecule has 3 aliphatic rings. The van der Waals surface area contributed by atoms with Crippen molar-refractivity contribution in [3.63, 3.8) is 0 Å². The standard InChI is InChI=1S/C59H47BN2S2/c1-57(2,3)32-17-20-34(21-18-32)62-47-31-52-41(40-27-33(58(4,5)6)19-26-50(40)64-52)28-39(47)36-22-23-38-54-46(25-24-44-53(54)37-14-9-11-15-43(37)59(44,7)8)61-48-29-42-35-13-10-12-16-49(35)63-51(42)30-45(48)60(62)55(36)56(38)61/h9-31H,1-8H3. The van der Waals surface area contributed by atoms with E-state index >= 15 is 0 Å². The Labute approximate surface area is 382 Å². The molecule has 0 N–H and O–H groups in total. The number of nitrogens with zero attached hydrogens (tertiary/aromatic N) is 2. The number of hydrogen-bond donors (Lipinski definition) is 0. The Hall–Kier alpha value is -6.14. The summed E-state index contributed by atoms with van der Waals surface area (Å²) in [5, 5.41) is 8.08. The Morgan fingerprint density at radius 1 is 0.500 bits per heavy atom. The first-order chi connectivity index (χ1) is 30.8. The van der Waals surface area contributed by atoms with E-state index in [-0.39, 0.29) is 23.1 Å². The van der Waals surface area contributed by atoms with E-state index in [1.165, 1.54) is 135 Å². The maximum atomic E-state index is 2.72. The Morgan fingerprint density at radius 2 is 1.19 bits per heavy atom. The summed E-state index contributed by atoms with van der Waals surface area (Å²) >= 11 is 3.86. The minimum atomic E-state index is -0.0956. The smallest absolute Gasteiger partial charge is 0.333 e. The zero-order valence-electron chi connectivity index (χ0n) is 37.6. The molecule has 0 spiro atoms. The van der Waals surface area contributed by atoms with Crippen molar-refractivity contribution in [3.05, 3.63) is 162 Å². The van der Waals surface area contributed by atoms with Gasteiger partial charge in [0.05, 0.1) is 11.0 Å². The minimum Gasteiger partial charge on any atom is -0.376 e. The fourth-order valence-corrected chi connectivity index (χ4v) is 14.3. The van der Waals surface area contributed by atoms with Crippen LogP contribution < -0.4 is 15.7 Å². The first kappa shape index (κ1) is 37.3. The van der Waals surface area contributed by atoms with Gasteiger partial charge in [0.2, 0.25) is 0 Å². The van der Waals surface area contributed by atoms with Crippen molar-refractivity contribution >= 4 is 114 Å². The van der Waals surface area contributed by atoms with Crippen molar-refractivity contribution in [3.8, 4) is 27.9 Å². The van der Waals surface area contributed by atoms with Gasteiger partial charge in [0.1, 0.15) is 0 Å². The van der Waals surface area contributed by atoms with E-state index in [0.29, 0.717) is 0 Å². The van der Waals surface area contributed by atoms with Gasteiger partial charge in [-0.3, -0.25) is 0 Å². The van der Waals surface area contributed by atoms with Crippen LogP contribution in [0.1, 0.15) is 77.6 Å². The van der Waals surface area contributed by atoms with Crippen molar-refractivity contribution in [2.24, 2.45) is 0 Å².